The van der Waals surface area contributed by atoms with E-state index in [1.165, 1.54) is 24.3 Å². The summed E-state index contributed by atoms with van der Waals surface area (Å²) in [6.45, 7) is 1.46. The van der Waals surface area contributed by atoms with Crippen LogP contribution in [0, 0.1) is 0 Å². The molecule has 0 spiro atoms. The minimum atomic E-state index is -0.328. The minimum Gasteiger partial charge on any atom is -0.326 e. The van der Waals surface area contributed by atoms with Crippen LogP contribution in [0.15, 0.2) is 54.6 Å². The van der Waals surface area contributed by atoms with Gasteiger partial charge in [-0.1, -0.05) is 41.7 Å². The first kappa shape index (κ1) is 18.7. The van der Waals surface area contributed by atoms with Gasteiger partial charge in [0.25, 0.3) is 0 Å². The Balaban J connectivity index is 1.61. The van der Waals surface area contributed by atoms with Crippen molar-refractivity contribution in [3.63, 3.8) is 0 Å². The van der Waals surface area contributed by atoms with Crippen molar-refractivity contribution in [2.75, 3.05) is 10.6 Å². The molecule has 6 nitrogen and oxygen atoms in total. The molecule has 3 aromatic rings. The van der Waals surface area contributed by atoms with Crippen LogP contribution >= 0.6 is 23.6 Å². The third-order valence-corrected chi connectivity index (χ3v) is 4.53. The van der Waals surface area contributed by atoms with E-state index in [1.807, 2.05) is 42.5 Å². The lowest BCUT2D eigenvalue weighted by Crippen LogP contribution is -2.32. The zero-order valence-electron chi connectivity index (χ0n) is 14.4. The van der Waals surface area contributed by atoms with E-state index in [9.17, 15) is 9.59 Å². The van der Waals surface area contributed by atoms with Crippen molar-refractivity contribution in [2.45, 2.75) is 6.92 Å². The smallest absolute Gasteiger partial charge is 0.250 e. The predicted octanol–water partition coefficient (Wildman–Crippen LogP) is 3.78. The average Bonchev–Trinajstić information content (AvgIpc) is 3.01. The summed E-state index contributed by atoms with van der Waals surface area (Å²) < 4.78 is 0.891. The molecule has 3 rings (SSSR count). The minimum absolute atomic E-state index is 0.135. The second kappa shape index (κ2) is 8.52. The zero-order valence-corrected chi connectivity index (χ0v) is 16.0. The van der Waals surface area contributed by atoms with Gasteiger partial charge in [-0.3, -0.25) is 14.9 Å². The first-order valence-corrected chi connectivity index (χ1v) is 9.25. The number of carbonyl (C=O) groups excluding carboxylic acids is 2. The Morgan fingerprint density at radius 1 is 1.11 bits per heavy atom. The lowest BCUT2D eigenvalue weighted by molar-refractivity contribution is -0.115. The number of hydrogen-bond acceptors (Lipinski definition) is 5. The lowest BCUT2D eigenvalue weighted by atomic mass is 10.2. The third kappa shape index (κ3) is 5.44. The molecule has 1 aromatic heterocycles. The molecule has 2 amide bonds. The van der Waals surface area contributed by atoms with Crippen molar-refractivity contribution in [1.29, 1.82) is 0 Å². The number of thiocarbonyl (C=S) groups is 1. The number of fused-ring (bicyclic) bond motifs is 1. The van der Waals surface area contributed by atoms with Gasteiger partial charge in [-0.15, -0.1) is 0 Å². The van der Waals surface area contributed by atoms with Gasteiger partial charge in [-0.2, -0.15) is 0 Å². The Hall–Kier alpha value is -3.10. The summed E-state index contributed by atoms with van der Waals surface area (Å²) in [5, 5.41) is 8.94. The molecule has 0 saturated heterocycles. The number of thiazole rings is 1. The van der Waals surface area contributed by atoms with Crippen LogP contribution in [0.3, 0.4) is 0 Å². The number of nitrogens with one attached hydrogen (secondary N) is 3. The van der Waals surface area contributed by atoms with Gasteiger partial charge in [-0.25, -0.2) is 4.98 Å². The van der Waals surface area contributed by atoms with E-state index < -0.39 is 0 Å². The molecule has 0 atom stereocenters. The van der Waals surface area contributed by atoms with Crippen LogP contribution in [0.1, 0.15) is 12.5 Å². The van der Waals surface area contributed by atoms with Gasteiger partial charge in [0, 0.05) is 18.7 Å². The standard InChI is InChI=1S/C19H16N4O2S2/c1-12(24)20-14-8-9-15-16(11-14)27-19(21-15)23-18(26)22-17(25)10-7-13-5-3-2-4-6-13/h2-11H,1H3,(H,20,24)(H2,21,22,23,25,26)/b10-7+. The second-order valence-corrected chi connectivity index (χ2v) is 7.01. The number of nitrogens with zero attached hydrogens (tertiary/aromatic N) is 1. The normalized spacial score (nSPS) is 10.7. The van der Waals surface area contributed by atoms with Crippen LogP contribution in [-0.2, 0) is 9.59 Å². The van der Waals surface area contributed by atoms with E-state index in [0.29, 0.717) is 10.8 Å². The summed E-state index contributed by atoms with van der Waals surface area (Å²) in [6.07, 6.45) is 3.13. The summed E-state index contributed by atoms with van der Waals surface area (Å²) in [4.78, 5) is 27.5. The molecule has 0 aliphatic rings. The maximum Gasteiger partial charge on any atom is 0.250 e. The largest absolute Gasteiger partial charge is 0.326 e. The van der Waals surface area contributed by atoms with E-state index in [2.05, 4.69) is 20.9 Å². The van der Waals surface area contributed by atoms with Gasteiger partial charge in [0.15, 0.2) is 10.2 Å². The van der Waals surface area contributed by atoms with E-state index in [4.69, 9.17) is 12.2 Å². The highest BCUT2D eigenvalue weighted by Crippen LogP contribution is 2.28. The van der Waals surface area contributed by atoms with E-state index in [1.54, 1.807) is 12.1 Å². The maximum absolute atomic E-state index is 12.0. The number of aromatic nitrogens is 1. The van der Waals surface area contributed by atoms with Gasteiger partial charge in [0.1, 0.15) is 0 Å². The van der Waals surface area contributed by atoms with Crippen LogP contribution in [0.4, 0.5) is 10.8 Å². The van der Waals surface area contributed by atoms with Gasteiger partial charge < -0.3 is 10.6 Å². The number of rotatable bonds is 4. The molecule has 0 unspecified atom stereocenters. The molecule has 27 heavy (non-hydrogen) atoms. The fourth-order valence-electron chi connectivity index (χ4n) is 2.28. The summed E-state index contributed by atoms with van der Waals surface area (Å²) in [7, 11) is 0. The lowest BCUT2D eigenvalue weighted by Gasteiger charge is -2.04. The summed E-state index contributed by atoms with van der Waals surface area (Å²) in [5.41, 5.74) is 2.40. The molecule has 8 heteroatoms. The molecular formula is C19H16N4O2S2. The van der Waals surface area contributed by atoms with Crippen LogP contribution in [0.5, 0.6) is 0 Å². The molecule has 0 aliphatic carbocycles. The van der Waals surface area contributed by atoms with E-state index in [-0.39, 0.29) is 16.9 Å². The van der Waals surface area contributed by atoms with Crippen molar-refractivity contribution < 1.29 is 9.59 Å². The van der Waals surface area contributed by atoms with Crippen molar-refractivity contribution in [3.05, 3.63) is 60.2 Å². The molecular weight excluding hydrogens is 380 g/mol. The van der Waals surface area contributed by atoms with E-state index in [0.717, 1.165) is 15.8 Å². The Kier molecular flexibility index (Phi) is 5.90. The molecule has 3 N–H and O–H groups in total. The third-order valence-electron chi connectivity index (χ3n) is 3.39. The molecule has 1 heterocycles. The SMILES string of the molecule is CC(=O)Nc1ccc2nc(NC(=S)NC(=O)/C=C/c3ccccc3)sc2c1. The number of anilines is 2. The topological polar surface area (TPSA) is 83.1 Å². The number of benzene rings is 2. The Morgan fingerprint density at radius 3 is 2.63 bits per heavy atom. The van der Waals surface area contributed by atoms with Crippen molar-refractivity contribution in [1.82, 2.24) is 10.3 Å². The van der Waals surface area contributed by atoms with Crippen molar-refractivity contribution in [2.24, 2.45) is 0 Å². The fraction of sp³-hybridized carbons (Fsp3) is 0.0526. The first-order chi connectivity index (χ1) is 13.0. The second-order valence-electron chi connectivity index (χ2n) is 5.57. The van der Waals surface area contributed by atoms with Gasteiger partial charge in [0.2, 0.25) is 11.8 Å². The number of hydrogen-bond donors (Lipinski definition) is 3. The predicted molar refractivity (Wildman–Crippen MR) is 114 cm³/mol. The quantitative estimate of drug-likeness (QED) is 0.462. The number of amides is 2. The highest BCUT2D eigenvalue weighted by molar-refractivity contribution is 7.80. The highest BCUT2D eigenvalue weighted by Gasteiger charge is 2.08. The summed E-state index contributed by atoms with van der Waals surface area (Å²) in [6, 6.07) is 14.9. The Labute approximate surface area is 165 Å². The van der Waals surface area contributed by atoms with Crippen LogP contribution in [-0.4, -0.2) is 21.9 Å². The molecule has 136 valence electrons. The molecule has 0 radical (unpaired) electrons. The van der Waals surface area contributed by atoms with Crippen LogP contribution in [0.25, 0.3) is 16.3 Å². The highest BCUT2D eigenvalue weighted by atomic mass is 32.1. The van der Waals surface area contributed by atoms with Crippen LogP contribution < -0.4 is 16.0 Å². The van der Waals surface area contributed by atoms with Crippen LogP contribution in [0.2, 0.25) is 0 Å². The van der Waals surface area contributed by atoms with E-state index >= 15 is 0 Å². The van der Waals surface area contributed by atoms with Crippen molar-refractivity contribution in [3.8, 4) is 0 Å². The fourth-order valence-corrected chi connectivity index (χ4v) is 3.45. The summed E-state index contributed by atoms with van der Waals surface area (Å²) >= 11 is 6.54. The molecule has 0 aliphatic heterocycles. The summed E-state index contributed by atoms with van der Waals surface area (Å²) in [5.74, 6) is -0.463. The van der Waals surface area contributed by atoms with Gasteiger partial charge in [-0.05, 0) is 42.1 Å². The Bertz CT molecular complexity index is 1030. The molecule has 2 aromatic carbocycles. The Morgan fingerprint density at radius 2 is 1.89 bits per heavy atom. The monoisotopic (exact) mass is 396 g/mol. The molecule has 0 bridgehead atoms. The maximum atomic E-state index is 12.0. The molecule has 0 saturated carbocycles. The van der Waals surface area contributed by atoms with Gasteiger partial charge >= 0.3 is 0 Å². The first-order valence-electron chi connectivity index (χ1n) is 8.03. The number of carbonyl (C=O) groups is 2. The zero-order chi connectivity index (χ0) is 19.2. The van der Waals surface area contributed by atoms with Gasteiger partial charge in [0.05, 0.1) is 10.2 Å². The van der Waals surface area contributed by atoms with Crippen molar-refractivity contribution >= 4 is 67.6 Å². The molecule has 0 fully saturated rings. The average molecular weight is 396 g/mol.